The smallest absolute Gasteiger partial charge is 0.231 e. The number of hydrogen-bond donors (Lipinski definition) is 1. The van der Waals surface area contributed by atoms with Crippen LogP contribution in [0.25, 0.3) is 11.3 Å². The molecule has 33 heavy (non-hydrogen) atoms. The predicted octanol–water partition coefficient (Wildman–Crippen LogP) is 5.62. The highest BCUT2D eigenvalue weighted by atomic mass is 32.1. The summed E-state index contributed by atoms with van der Waals surface area (Å²) >= 11 is 3.18. The maximum atomic E-state index is 12.9. The van der Waals surface area contributed by atoms with E-state index in [1.807, 2.05) is 13.0 Å². The molecule has 4 aromatic rings. The summed E-state index contributed by atoms with van der Waals surface area (Å²) in [5.74, 6) is -0.0424. The van der Waals surface area contributed by atoms with Crippen molar-refractivity contribution in [3.05, 3.63) is 86.2 Å². The van der Waals surface area contributed by atoms with E-state index in [0.29, 0.717) is 11.6 Å². The molecule has 1 N–H and O–H groups in total. The van der Waals surface area contributed by atoms with Crippen LogP contribution in [0, 0.1) is 13.8 Å². The van der Waals surface area contributed by atoms with Gasteiger partial charge in [0.1, 0.15) is 0 Å². The molecule has 7 heteroatoms. The van der Waals surface area contributed by atoms with E-state index in [-0.39, 0.29) is 5.91 Å². The highest BCUT2D eigenvalue weighted by molar-refractivity contribution is 7.16. The van der Waals surface area contributed by atoms with Crippen molar-refractivity contribution in [3.8, 4) is 11.3 Å². The number of rotatable bonds is 6. The number of hydrogen-bond acceptors (Lipinski definition) is 6. The third-order valence-corrected chi connectivity index (χ3v) is 7.72. The van der Waals surface area contributed by atoms with Gasteiger partial charge in [0.2, 0.25) is 5.91 Å². The normalized spacial score (nSPS) is 13.6. The van der Waals surface area contributed by atoms with Crippen molar-refractivity contribution in [2.24, 2.45) is 0 Å². The zero-order valence-corrected chi connectivity index (χ0v) is 20.4. The quantitative estimate of drug-likeness (QED) is 0.394. The van der Waals surface area contributed by atoms with Crippen LogP contribution < -0.4 is 5.32 Å². The van der Waals surface area contributed by atoms with E-state index in [1.165, 1.54) is 16.0 Å². The van der Waals surface area contributed by atoms with Crippen molar-refractivity contribution >= 4 is 33.7 Å². The lowest BCUT2D eigenvalue weighted by Crippen LogP contribution is -2.29. The van der Waals surface area contributed by atoms with Gasteiger partial charge in [0.05, 0.1) is 22.8 Å². The number of nitrogens with one attached hydrogen (secondary N) is 1. The summed E-state index contributed by atoms with van der Waals surface area (Å²) in [5, 5.41) is 4.71. The largest absolute Gasteiger partial charge is 0.302 e. The Balaban J connectivity index is 1.24. The van der Waals surface area contributed by atoms with Crippen LogP contribution in [0.2, 0.25) is 0 Å². The molecule has 1 amide bonds. The molecule has 0 spiro atoms. The van der Waals surface area contributed by atoms with Crippen molar-refractivity contribution in [2.75, 3.05) is 11.9 Å². The minimum atomic E-state index is -0.0424. The standard InChI is InChI=1S/C26H26N4OS2/c1-17-8-10-20(11-9-17)25-22(32-18(2)27-25)14-24(31)29-26-28-21-12-13-30(16-23(21)33-26)15-19-6-4-3-5-7-19/h3-11H,12-16H2,1-2H3,(H,28,29,31). The monoisotopic (exact) mass is 474 g/mol. The molecule has 0 unspecified atom stereocenters. The minimum Gasteiger partial charge on any atom is -0.302 e. The molecule has 0 radical (unpaired) electrons. The summed E-state index contributed by atoms with van der Waals surface area (Å²) in [4.78, 5) is 27.0. The molecule has 1 aliphatic rings. The zero-order valence-electron chi connectivity index (χ0n) is 18.8. The Hall–Kier alpha value is -2.87. The Kier molecular flexibility index (Phi) is 6.35. The maximum absolute atomic E-state index is 12.9. The number of thiazole rings is 2. The summed E-state index contributed by atoms with van der Waals surface area (Å²) in [7, 11) is 0. The average Bonchev–Trinajstić information content (AvgIpc) is 3.36. The van der Waals surface area contributed by atoms with Crippen molar-refractivity contribution in [1.29, 1.82) is 0 Å². The van der Waals surface area contributed by atoms with Crippen LogP contribution in [0.5, 0.6) is 0 Å². The second-order valence-corrected chi connectivity index (χ2v) is 10.8. The Bertz CT molecular complexity index is 1260. The van der Waals surface area contributed by atoms with E-state index in [0.717, 1.165) is 52.9 Å². The molecule has 5 rings (SSSR count). The number of amides is 1. The maximum Gasteiger partial charge on any atom is 0.231 e. The van der Waals surface area contributed by atoms with Crippen LogP contribution in [0.1, 0.15) is 31.6 Å². The molecule has 0 fully saturated rings. The van der Waals surface area contributed by atoms with Crippen molar-refractivity contribution < 1.29 is 4.79 Å². The third kappa shape index (κ3) is 5.21. The number of anilines is 1. The number of benzene rings is 2. The van der Waals surface area contributed by atoms with Gasteiger partial charge in [-0.15, -0.1) is 22.7 Å². The molecule has 0 atom stereocenters. The predicted molar refractivity (Wildman–Crippen MR) is 136 cm³/mol. The Morgan fingerprint density at radius 1 is 1.03 bits per heavy atom. The Morgan fingerprint density at radius 3 is 2.61 bits per heavy atom. The molecule has 0 saturated carbocycles. The Labute approximate surface area is 202 Å². The molecule has 2 aromatic carbocycles. The van der Waals surface area contributed by atoms with Gasteiger partial charge in [0.15, 0.2) is 5.13 Å². The lowest BCUT2D eigenvalue weighted by Gasteiger charge is -2.25. The molecule has 3 heterocycles. The van der Waals surface area contributed by atoms with E-state index >= 15 is 0 Å². The van der Waals surface area contributed by atoms with Crippen LogP contribution in [-0.4, -0.2) is 27.3 Å². The molecule has 0 bridgehead atoms. The van der Waals surface area contributed by atoms with Crippen LogP contribution in [0.3, 0.4) is 0 Å². The van der Waals surface area contributed by atoms with Gasteiger partial charge < -0.3 is 5.32 Å². The third-order valence-electron chi connectivity index (χ3n) is 5.76. The SMILES string of the molecule is Cc1ccc(-c2nc(C)sc2CC(=O)Nc2nc3c(s2)CN(Cc2ccccc2)CC3)cc1. The summed E-state index contributed by atoms with van der Waals surface area (Å²) in [6.45, 7) is 6.85. The number of aromatic nitrogens is 2. The zero-order chi connectivity index (χ0) is 22.8. The number of aryl methyl sites for hydroxylation is 2. The summed E-state index contributed by atoms with van der Waals surface area (Å²) in [6.07, 6.45) is 1.22. The number of carbonyl (C=O) groups is 1. The average molecular weight is 475 g/mol. The van der Waals surface area contributed by atoms with Gasteiger partial charge in [-0.2, -0.15) is 0 Å². The number of fused-ring (bicyclic) bond motifs is 1. The lowest BCUT2D eigenvalue weighted by molar-refractivity contribution is -0.115. The van der Waals surface area contributed by atoms with E-state index in [9.17, 15) is 4.79 Å². The highest BCUT2D eigenvalue weighted by Gasteiger charge is 2.22. The number of nitrogens with zero attached hydrogens (tertiary/aromatic N) is 3. The van der Waals surface area contributed by atoms with E-state index < -0.39 is 0 Å². The fourth-order valence-electron chi connectivity index (χ4n) is 4.11. The highest BCUT2D eigenvalue weighted by Crippen LogP contribution is 2.31. The van der Waals surface area contributed by atoms with Crippen LogP contribution in [0.15, 0.2) is 54.6 Å². The molecule has 1 aliphatic heterocycles. The molecule has 2 aromatic heterocycles. The van der Waals surface area contributed by atoms with Crippen molar-refractivity contribution in [2.45, 2.75) is 39.8 Å². The van der Waals surface area contributed by atoms with Gasteiger partial charge in [0.25, 0.3) is 0 Å². The fourth-order valence-corrected chi connectivity index (χ4v) is 6.14. The number of carbonyl (C=O) groups excluding carboxylic acids is 1. The van der Waals surface area contributed by atoms with Gasteiger partial charge in [-0.05, 0) is 19.4 Å². The summed E-state index contributed by atoms with van der Waals surface area (Å²) in [5.41, 5.74) is 5.61. The first kappa shape index (κ1) is 21.9. The molecular weight excluding hydrogens is 448 g/mol. The van der Waals surface area contributed by atoms with E-state index in [1.54, 1.807) is 22.7 Å². The van der Waals surface area contributed by atoms with Gasteiger partial charge in [-0.3, -0.25) is 9.69 Å². The molecule has 5 nitrogen and oxygen atoms in total. The second kappa shape index (κ2) is 9.55. The van der Waals surface area contributed by atoms with Crippen LogP contribution in [-0.2, 0) is 30.7 Å². The lowest BCUT2D eigenvalue weighted by atomic mass is 10.1. The molecule has 168 valence electrons. The van der Waals surface area contributed by atoms with Crippen molar-refractivity contribution in [1.82, 2.24) is 14.9 Å². The Morgan fingerprint density at radius 2 is 1.82 bits per heavy atom. The van der Waals surface area contributed by atoms with Gasteiger partial charge in [-0.25, -0.2) is 9.97 Å². The van der Waals surface area contributed by atoms with Crippen LogP contribution in [0.4, 0.5) is 5.13 Å². The van der Waals surface area contributed by atoms with Gasteiger partial charge >= 0.3 is 0 Å². The first-order chi connectivity index (χ1) is 16.0. The van der Waals surface area contributed by atoms with Gasteiger partial charge in [-0.1, -0.05) is 60.2 Å². The van der Waals surface area contributed by atoms with E-state index in [4.69, 9.17) is 4.98 Å². The second-order valence-electron chi connectivity index (χ2n) is 8.43. The first-order valence-corrected chi connectivity index (χ1v) is 12.7. The summed E-state index contributed by atoms with van der Waals surface area (Å²) in [6, 6.07) is 18.8. The summed E-state index contributed by atoms with van der Waals surface area (Å²) < 4.78 is 0. The topological polar surface area (TPSA) is 58.1 Å². The van der Waals surface area contributed by atoms with Crippen molar-refractivity contribution in [3.63, 3.8) is 0 Å². The van der Waals surface area contributed by atoms with Gasteiger partial charge in [0, 0.05) is 41.4 Å². The van der Waals surface area contributed by atoms with E-state index in [2.05, 4.69) is 70.7 Å². The molecule has 0 saturated heterocycles. The first-order valence-electron chi connectivity index (χ1n) is 11.1. The fraction of sp³-hybridized carbons (Fsp3) is 0.269. The minimum absolute atomic E-state index is 0.0424. The molecular formula is C26H26N4OS2. The molecule has 0 aliphatic carbocycles. The van der Waals surface area contributed by atoms with Crippen LogP contribution >= 0.6 is 22.7 Å².